The summed E-state index contributed by atoms with van der Waals surface area (Å²) in [5, 5.41) is 30.8. The molecule has 0 aromatic carbocycles. The maximum atomic E-state index is 10.6. The third kappa shape index (κ3) is 11.0. The summed E-state index contributed by atoms with van der Waals surface area (Å²) in [7, 11) is 0. The fourth-order valence-electron chi connectivity index (χ4n) is 11.7. The van der Waals surface area contributed by atoms with E-state index >= 15 is 0 Å². The number of allylic oxidation sites excluding steroid dienone is 4. The van der Waals surface area contributed by atoms with Gasteiger partial charge < -0.3 is 15.3 Å². The van der Waals surface area contributed by atoms with Gasteiger partial charge in [-0.1, -0.05) is 120 Å². The summed E-state index contributed by atoms with van der Waals surface area (Å²) < 4.78 is 92.1. The van der Waals surface area contributed by atoms with Gasteiger partial charge in [-0.2, -0.15) is 0 Å². The lowest BCUT2D eigenvalue weighted by atomic mass is 9.60. The van der Waals surface area contributed by atoms with Gasteiger partial charge in [-0.05, 0) is 165 Å². The zero-order chi connectivity index (χ0) is 47.8. The van der Waals surface area contributed by atoms with E-state index in [4.69, 9.17) is 16.4 Å². The van der Waals surface area contributed by atoms with Gasteiger partial charge >= 0.3 is 0 Å². The van der Waals surface area contributed by atoms with Gasteiger partial charge in [0.2, 0.25) is 0 Å². The Hall–Kier alpha value is -0.680. The summed E-state index contributed by atoms with van der Waals surface area (Å²) >= 11 is 3.56. The van der Waals surface area contributed by atoms with Crippen LogP contribution in [0.3, 0.4) is 0 Å². The first-order chi connectivity index (χ1) is 28.8. The zero-order valence-electron chi connectivity index (χ0n) is 44.5. The molecule has 0 heterocycles. The van der Waals surface area contributed by atoms with Crippen LogP contribution in [0.4, 0.5) is 0 Å². The molecule has 0 spiro atoms. The Morgan fingerprint density at radius 2 is 1.41 bits per heavy atom. The summed E-state index contributed by atoms with van der Waals surface area (Å²) in [6, 6.07) is 0. The number of aliphatic hydroxyl groups is 3. The van der Waals surface area contributed by atoms with Crippen molar-refractivity contribution in [1.82, 2.24) is 0 Å². The molecule has 5 fully saturated rings. The van der Waals surface area contributed by atoms with Gasteiger partial charge in [-0.15, -0.1) is 0 Å². The van der Waals surface area contributed by atoms with Gasteiger partial charge in [0.1, 0.15) is 0 Å². The van der Waals surface area contributed by atoms with Crippen LogP contribution in [0.25, 0.3) is 0 Å². The van der Waals surface area contributed by atoms with Crippen molar-refractivity contribution in [2.45, 2.75) is 195 Å². The second kappa shape index (κ2) is 17.8. The Kier molecular flexibility index (Phi) is 10.0. The SMILES string of the molecule is [2H]C([2H])([2H])C(C)(CCC[C@@H](C)[C@H]1CC[C@H]2/C(=C/Br)CCC[C@]12C)C([2H])([2H])[2H].[2H]C([2H])([2H])C(O)(CCC[C@@H](C)[C@H]1CC[C@H]2/C(=C/C=C3/C[C@H](O)C[C@H](O)C3=C)CCC[C@]12C)C([2H])([2H])[2H]. The van der Waals surface area contributed by atoms with Crippen LogP contribution >= 0.6 is 15.9 Å². The molecule has 0 radical (unpaired) electrons. The fraction of sp³-hybridized carbons (Fsp3) is 0.830. The second-order valence-corrected chi connectivity index (χ2v) is 18.8. The molecule has 3 nitrogen and oxygen atoms in total. The highest BCUT2D eigenvalue weighted by atomic mass is 79.9. The number of hydrogen-bond acceptors (Lipinski definition) is 3. The van der Waals surface area contributed by atoms with E-state index < -0.39 is 50.6 Å². The molecule has 51 heavy (non-hydrogen) atoms. The predicted molar refractivity (Wildman–Crippen MR) is 222 cm³/mol. The van der Waals surface area contributed by atoms with E-state index in [1.807, 2.05) is 6.08 Å². The maximum absolute atomic E-state index is 10.6. The fourth-order valence-corrected chi connectivity index (χ4v) is 12.2. The Morgan fingerprint density at radius 1 is 0.863 bits per heavy atom. The van der Waals surface area contributed by atoms with Crippen molar-refractivity contribution in [3.63, 3.8) is 0 Å². The molecule has 5 rings (SSSR count). The van der Waals surface area contributed by atoms with Crippen molar-refractivity contribution < 1.29 is 31.8 Å². The first kappa shape index (κ1) is 28.7. The normalized spacial score (nSPS) is 42.5. The molecule has 292 valence electrons. The molecule has 5 saturated carbocycles. The number of halogens is 1. The van der Waals surface area contributed by atoms with E-state index in [-0.39, 0.29) is 18.3 Å². The van der Waals surface area contributed by atoms with Crippen LogP contribution in [0.15, 0.2) is 46.0 Å². The molecule has 3 N–H and O–H groups in total. The van der Waals surface area contributed by atoms with E-state index in [0.29, 0.717) is 78.6 Å². The van der Waals surface area contributed by atoms with Crippen LogP contribution in [-0.2, 0) is 0 Å². The minimum absolute atomic E-state index is 0.120. The third-order valence-electron chi connectivity index (χ3n) is 14.4. The van der Waals surface area contributed by atoms with Crippen molar-refractivity contribution in [1.29, 1.82) is 0 Å². The monoisotopic (exact) mass is 783 g/mol. The molecule has 5 aliphatic carbocycles. The molecule has 0 aromatic rings. The van der Waals surface area contributed by atoms with E-state index in [1.54, 1.807) is 5.57 Å². The first-order valence-electron chi connectivity index (χ1n) is 26.3. The zero-order valence-corrected chi connectivity index (χ0v) is 34.1. The largest absolute Gasteiger partial charge is 0.393 e. The number of fused-ring (bicyclic) bond motifs is 2. The van der Waals surface area contributed by atoms with E-state index in [9.17, 15) is 15.3 Å². The van der Waals surface area contributed by atoms with Crippen LogP contribution in [-0.4, -0.2) is 33.1 Å². The summed E-state index contributed by atoms with van der Waals surface area (Å²) in [6.07, 6.45) is 18.0. The molecule has 0 aliphatic heterocycles. The van der Waals surface area contributed by atoms with Gasteiger partial charge in [0.05, 0.1) is 17.8 Å². The van der Waals surface area contributed by atoms with Crippen molar-refractivity contribution in [3.8, 4) is 0 Å². The summed E-state index contributed by atoms with van der Waals surface area (Å²) in [5.41, 5.74) is 0.716. The second-order valence-electron chi connectivity index (χ2n) is 18.4. The van der Waals surface area contributed by atoms with Crippen LogP contribution in [0.1, 0.15) is 194 Å². The van der Waals surface area contributed by atoms with Crippen molar-refractivity contribution in [2.75, 3.05) is 0 Å². The summed E-state index contributed by atoms with van der Waals surface area (Å²) in [5.74, 6) is 2.97. The molecular formula is C47H79BrO3. The highest BCUT2D eigenvalue weighted by Crippen LogP contribution is 2.61. The number of rotatable bonds is 10. The standard InChI is InChI=1S/C27H44O3.C20H35Br/c1-18(8-6-14-26(3,4)30)23-12-13-24-20(9-7-15-27(23,24)5)10-11-21-16-22(28)17-25(29)19(21)2;1-15(8-6-12-19(2,3)4)17-10-11-18-16(14-21)9-7-13-20(17,18)5/h10-11,18,22-25,28-30H,2,6-9,12-17H2,1,3-5H3;14-15,17-18H,6-13H2,1-5H3/b20-10+,21-11-;16-14+/t18-,22+,23-,24+,25+,27-;15-,17-,18+,20-/m11/s1/i3D3,4D3;2D3,3D3. The molecule has 0 amide bonds. The van der Waals surface area contributed by atoms with Crippen LogP contribution in [0.5, 0.6) is 0 Å². The molecule has 0 aromatic heterocycles. The number of hydrogen-bond donors (Lipinski definition) is 3. The van der Waals surface area contributed by atoms with Gasteiger partial charge in [-0.3, -0.25) is 0 Å². The molecule has 0 bridgehead atoms. The molecule has 5 aliphatic rings. The Labute approximate surface area is 340 Å². The lowest BCUT2D eigenvalue weighted by Crippen LogP contribution is -2.36. The predicted octanol–water partition coefficient (Wildman–Crippen LogP) is 13.0. The van der Waals surface area contributed by atoms with Crippen molar-refractivity contribution in [2.24, 2.45) is 51.8 Å². The first-order valence-corrected chi connectivity index (χ1v) is 21.2. The lowest BCUT2D eigenvalue weighted by molar-refractivity contribution is 0.0596. The highest BCUT2D eigenvalue weighted by molar-refractivity contribution is 9.11. The number of aliphatic hydroxyl groups excluding tert-OH is 2. The molecule has 0 unspecified atom stereocenters. The molecular weight excluding hydrogens is 692 g/mol. The summed E-state index contributed by atoms with van der Waals surface area (Å²) in [4.78, 5) is 2.14. The summed E-state index contributed by atoms with van der Waals surface area (Å²) in [6.45, 7) is 3.85. The minimum Gasteiger partial charge on any atom is -0.393 e. The topological polar surface area (TPSA) is 60.7 Å². The third-order valence-corrected chi connectivity index (χ3v) is 15.0. The average molecular weight is 784 g/mol. The minimum atomic E-state index is -2.96. The Balaban J connectivity index is 0.000000288. The quantitative estimate of drug-likeness (QED) is 0.207. The van der Waals surface area contributed by atoms with E-state index in [0.717, 1.165) is 44.1 Å². The Morgan fingerprint density at radius 3 is 1.96 bits per heavy atom. The molecule has 4 heteroatoms. The van der Waals surface area contributed by atoms with Crippen LogP contribution in [0, 0.1) is 51.8 Å². The smallest absolute Gasteiger partial charge is 0.0811 e. The van der Waals surface area contributed by atoms with E-state index in [1.165, 1.54) is 44.6 Å². The van der Waals surface area contributed by atoms with Crippen LogP contribution < -0.4 is 0 Å². The lowest BCUT2D eigenvalue weighted by Gasteiger charge is -2.44. The van der Waals surface area contributed by atoms with Crippen molar-refractivity contribution >= 4 is 15.9 Å². The average Bonchev–Trinajstić information content (AvgIpc) is 3.70. The van der Waals surface area contributed by atoms with Crippen molar-refractivity contribution in [3.05, 3.63) is 46.0 Å². The molecule has 0 saturated heterocycles. The van der Waals surface area contributed by atoms with Gasteiger partial charge in [-0.25, -0.2) is 0 Å². The maximum Gasteiger partial charge on any atom is 0.0811 e. The van der Waals surface area contributed by atoms with E-state index in [2.05, 4.69) is 61.3 Å². The van der Waals surface area contributed by atoms with Gasteiger partial charge in [0, 0.05) is 22.9 Å². The highest BCUT2D eigenvalue weighted by Gasteiger charge is 2.51. The Bertz CT molecular complexity index is 1630. The van der Waals surface area contributed by atoms with Gasteiger partial charge in [0.15, 0.2) is 0 Å². The van der Waals surface area contributed by atoms with Gasteiger partial charge in [0.25, 0.3) is 0 Å². The van der Waals surface area contributed by atoms with Crippen LogP contribution in [0.2, 0.25) is 0 Å². The molecule has 10 atom stereocenters.